The predicted molar refractivity (Wildman–Crippen MR) is 81.4 cm³/mol. The Balaban J connectivity index is 1.69. The molecule has 0 aliphatic carbocycles. The van der Waals surface area contributed by atoms with Crippen molar-refractivity contribution in [3.8, 4) is 11.7 Å². The zero-order valence-electron chi connectivity index (χ0n) is 12.0. The molecule has 2 aromatic rings. The molecule has 0 saturated carbocycles. The van der Waals surface area contributed by atoms with Gasteiger partial charge >= 0.3 is 0 Å². The highest BCUT2D eigenvalue weighted by Crippen LogP contribution is 2.26. The Morgan fingerprint density at radius 1 is 1.38 bits per heavy atom. The first-order chi connectivity index (χ1) is 10.2. The molecule has 114 valence electrons. The molecule has 2 aromatic heterocycles. The lowest BCUT2D eigenvalue weighted by Gasteiger charge is -2.36. The first kappa shape index (κ1) is 14.7. The lowest BCUT2D eigenvalue weighted by atomic mass is 9.92. The van der Waals surface area contributed by atoms with Gasteiger partial charge in [-0.25, -0.2) is 0 Å². The van der Waals surface area contributed by atoms with Crippen molar-refractivity contribution >= 4 is 15.9 Å². The molecule has 21 heavy (non-hydrogen) atoms. The van der Waals surface area contributed by atoms with Crippen LogP contribution in [0.5, 0.6) is 0 Å². The van der Waals surface area contributed by atoms with Crippen LogP contribution in [-0.4, -0.2) is 34.2 Å². The number of piperidine rings is 1. The maximum absolute atomic E-state index is 5.88. The third-order valence-electron chi connectivity index (χ3n) is 3.96. The Hall–Kier alpha value is -1.18. The third kappa shape index (κ3) is 3.36. The van der Waals surface area contributed by atoms with Crippen LogP contribution in [0.15, 0.2) is 25.6 Å². The van der Waals surface area contributed by atoms with Gasteiger partial charge in [-0.2, -0.15) is 0 Å². The molecule has 1 saturated heterocycles. The molecule has 3 rings (SSSR count). The van der Waals surface area contributed by atoms with Crippen molar-refractivity contribution in [3.63, 3.8) is 0 Å². The number of likely N-dealkylation sites (tertiary alicyclic amines) is 1. The van der Waals surface area contributed by atoms with E-state index in [-0.39, 0.29) is 0 Å². The summed E-state index contributed by atoms with van der Waals surface area (Å²) in [6.45, 7) is 4.60. The summed E-state index contributed by atoms with van der Waals surface area (Å²) in [5, 5.41) is 8.15. The van der Waals surface area contributed by atoms with Crippen molar-refractivity contribution in [2.45, 2.75) is 32.4 Å². The van der Waals surface area contributed by atoms with Gasteiger partial charge in [0.2, 0.25) is 5.89 Å². The molecular weight excluding hydrogens is 336 g/mol. The van der Waals surface area contributed by atoms with E-state index in [0.717, 1.165) is 18.9 Å². The Bertz CT molecular complexity index is 597. The standard InChI is InChI=1S/C14H19BrN4O2/c1-9-4-5-19(10(6-9)7-16)8-13-17-18-14(21-13)11-2-3-12(15)20-11/h2-3,9-10H,4-8,16H2,1H3. The van der Waals surface area contributed by atoms with Crippen LogP contribution in [0.2, 0.25) is 0 Å². The van der Waals surface area contributed by atoms with E-state index < -0.39 is 0 Å². The summed E-state index contributed by atoms with van der Waals surface area (Å²) in [5.41, 5.74) is 5.88. The molecule has 1 aliphatic heterocycles. The molecule has 2 atom stereocenters. The van der Waals surface area contributed by atoms with E-state index in [0.29, 0.717) is 41.3 Å². The molecule has 1 aliphatic rings. The van der Waals surface area contributed by atoms with Gasteiger partial charge in [0, 0.05) is 12.6 Å². The van der Waals surface area contributed by atoms with Crippen molar-refractivity contribution in [1.82, 2.24) is 15.1 Å². The van der Waals surface area contributed by atoms with E-state index in [2.05, 4.69) is 38.0 Å². The van der Waals surface area contributed by atoms with Crippen molar-refractivity contribution in [2.75, 3.05) is 13.1 Å². The van der Waals surface area contributed by atoms with Gasteiger partial charge in [-0.3, -0.25) is 4.90 Å². The minimum atomic E-state index is 0.391. The molecule has 0 amide bonds. The predicted octanol–water partition coefficient (Wildman–Crippen LogP) is 2.65. The topological polar surface area (TPSA) is 81.3 Å². The van der Waals surface area contributed by atoms with E-state index in [1.807, 2.05) is 0 Å². The first-order valence-corrected chi connectivity index (χ1v) is 7.97. The molecule has 0 aromatic carbocycles. The van der Waals surface area contributed by atoms with Crippen molar-refractivity contribution in [2.24, 2.45) is 11.7 Å². The summed E-state index contributed by atoms with van der Waals surface area (Å²) in [6.07, 6.45) is 2.31. The molecule has 0 spiro atoms. The van der Waals surface area contributed by atoms with Crippen molar-refractivity contribution in [1.29, 1.82) is 0 Å². The fourth-order valence-electron chi connectivity index (χ4n) is 2.77. The van der Waals surface area contributed by atoms with Crippen LogP contribution in [0.3, 0.4) is 0 Å². The Kier molecular flexibility index (Phi) is 4.42. The van der Waals surface area contributed by atoms with Crippen LogP contribution in [0, 0.1) is 5.92 Å². The number of furan rings is 1. The van der Waals surface area contributed by atoms with Gasteiger partial charge in [0.15, 0.2) is 10.4 Å². The Morgan fingerprint density at radius 2 is 2.24 bits per heavy atom. The molecule has 7 heteroatoms. The maximum atomic E-state index is 5.88. The third-order valence-corrected chi connectivity index (χ3v) is 4.39. The van der Waals surface area contributed by atoms with E-state index in [4.69, 9.17) is 14.6 Å². The Labute approximate surface area is 131 Å². The normalized spacial score (nSPS) is 23.6. The quantitative estimate of drug-likeness (QED) is 0.908. The molecule has 2 unspecified atom stereocenters. The summed E-state index contributed by atoms with van der Waals surface area (Å²) in [6, 6.07) is 3.99. The SMILES string of the molecule is CC1CCN(Cc2nnc(-c3ccc(Br)o3)o2)C(CN)C1. The number of halogens is 1. The summed E-state index contributed by atoms with van der Waals surface area (Å²) < 4.78 is 11.7. The summed E-state index contributed by atoms with van der Waals surface area (Å²) in [7, 11) is 0. The number of rotatable bonds is 4. The van der Waals surface area contributed by atoms with E-state index in [1.165, 1.54) is 6.42 Å². The monoisotopic (exact) mass is 354 g/mol. The highest BCUT2D eigenvalue weighted by molar-refractivity contribution is 9.10. The number of aromatic nitrogens is 2. The van der Waals surface area contributed by atoms with Gasteiger partial charge in [-0.1, -0.05) is 6.92 Å². The van der Waals surface area contributed by atoms with E-state index in [1.54, 1.807) is 12.1 Å². The van der Waals surface area contributed by atoms with Gasteiger partial charge in [-0.15, -0.1) is 10.2 Å². The summed E-state index contributed by atoms with van der Waals surface area (Å²) in [5.74, 6) is 2.31. The average Bonchev–Trinajstić information content (AvgIpc) is 3.09. The summed E-state index contributed by atoms with van der Waals surface area (Å²) in [4.78, 5) is 2.33. The molecule has 2 N–H and O–H groups in total. The second-order valence-corrected chi connectivity index (χ2v) is 6.38. The van der Waals surface area contributed by atoms with Gasteiger partial charge in [0.05, 0.1) is 6.54 Å². The van der Waals surface area contributed by atoms with Crippen LogP contribution in [0.25, 0.3) is 11.7 Å². The van der Waals surface area contributed by atoms with E-state index >= 15 is 0 Å². The fourth-order valence-corrected chi connectivity index (χ4v) is 3.08. The largest absolute Gasteiger partial charge is 0.444 e. The zero-order valence-corrected chi connectivity index (χ0v) is 13.5. The number of nitrogens with zero attached hydrogens (tertiary/aromatic N) is 3. The van der Waals surface area contributed by atoms with Crippen molar-refractivity contribution in [3.05, 3.63) is 22.7 Å². The lowest BCUT2D eigenvalue weighted by molar-refractivity contribution is 0.105. The molecule has 0 bridgehead atoms. The fraction of sp³-hybridized carbons (Fsp3) is 0.571. The van der Waals surface area contributed by atoms with Gasteiger partial charge < -0.3 is 14.6 Å². The number of nitrogens with two attached hydrogens (primary N) is 1. The zero-order chi connectivity index (χ0) is 14.8. The molecule has 6 nitrogen and oxygen atoms in total. The maximum Gasteiger partial charge on any atom is 0.283 e. The highest BCUT2D eigenvalue weighted by Gasteiger charge is 2.26. The van der Waals surface area contributed by atoms with Crippen LogP contribution in [0.4, 0.5) is 0 Å². The minimum Gasteiger partial charge on any atom is -0.444 e. The minimum absolute atomic E-state index is 0.391. The van der Waals surface area contributed by atoms with Gasteiger partial charge in [0.1, 0.15) is 0 Å². The smallest absolute Gasteiger partial charge is 0.283 e. The molecule has 1 fully saturated rings. The number of hydrogen-bond acceptors (Lipinski definition) is 6. The van der Waals surface area contributed by atoms with Crippen molar-refractivity contribution < 1.29 is 8.83 Å². The molecule has 3 heterocycles. The second-order valence-electron chi connectivity index (χ2n) is 5.59. The van der Waals surface area contributed by atoms with Gasteiger partial charge in [-0.05, 0) is 53.4 Å². The van der Waals surface area contributed by atoms with E-state index in [9.17, 15) is 0 Å². The average molecular weight is 355 g/mol. The van der Waals surface area contributed by atoms with Gasteiger partial charge in [0.25, 0.3) is 5.89 Å². The Morgan fingerprint density at radius 3 is 2.95 bits per heavy atom. The molecule has 0 radical (unpaired) electrons. The number of hydrogen-bond donors (Lipinski definition) is 1. The summed E-state index contributed by atoms with van der Waals surface area (Å²) >= 11 is 3.26. The van der Waals surface area contributed by atoms with Crippen LogP contribution in [-0.2, 0) is 6.54 Å². The van der Waals surface area contributed by atoms with Crippen LogP contribution in [0.1, 0.15) is 25.7 Å². The van der Waals surface area contributed by atoms with Crippen LogP contribution >= 0.6 is 15.9 Å². The second kappa shape index (κ2) is 6.29. The molecular formula is C14H19BrN4O2. The lowest BCUT2D eigenvalue weighted by Crippen LogP contribution is -2.45. The highest BCUT2D eigenvalue weighted by atomic mass is 79.9. The van der Waals surface area contributed by atoms with Crippen LogP contribution < -0.4 is 5.73 Å². The first-order valence-electron chi connectivity index (χ1n) is 7.18.